The first-order valence-corrected chi connectivity index (χ1v) is 22.8. The maximum atomic E-state index is 6.35. The van der Waals surface area contributed by atoms with Gasteiger partial charge in [-0.05, 0) is 31.3 Å². The van der Waals surface area contributed by atoms with Gasteiger partial charge in [0.2, 0.25) is 0 Å². The van der Waals surface area contributed by atoms with Gasteiger partial charge in [-0.3, -0.25) is 0 Å². The van der Waals surface area contributed by atoms with Crippen molar-refractivity contribution in [3.63, 3.8) is 0 Å². The molecule has 0 aliphatic rings. The SMILES string of the molecule is CCCCCCCC[Si](CCCCCCCC)(CCCCCCCC)c1ccc([Si](OCC)(OCC)OCC)s1. The third-order valence-corrected chi connectivity index (χ3v) is 19.8. The van der Waals surface area contributed by atoms with Gasteiger partial charge in [0.1, 0.15) is 0 Å². The van der Waals surface area contributed by atoms with E-state index in [1.807, 2.05) is 11.3 Å². The standard InChI is InChI=1S/C34H68O3SSi2/c1-7-13-16-19-22-25-30-39(31-26-23-20-17-14-8-2,32-27-24-21-18-15-9-3)33-28-29-34(38-33)40(35-10-4,36-11-5)37-12-6/h28-29H,7-27,30-32H2,1-6H3. The van der Waals surface area contributed by atoms with Gasteiger partial charge in [-0.2, -0.15) is 0 Å². The molecule has 3 nitrogen and oxygen atoms in total. The van der Waals surface area contributed by atoms with E-state index in [0.29, 0.717) is 19.8 Å². The molecule has 0 fully saturated rings. The Balaban J connectivity index is 3.23. The molecule has 0 amide bonds. The molecule has 0 aromatic carbocycles. The van der Waals surface area contributed by atoms with Crippen LogP contribution >= 0.6 is 11.3 Å². The molecule has 0 bridgehead atoms. The van der Waals surface area contributed by atoms with Crippen LogP contribution < -0.4 is 9.00 Å². The zero-order valence-corrected chi connectivity index (χ0v) is 30.6. The van der Waals surface area contributed by atoms with E-state index in [1.165, 1.54) is 138 Å². The predicted octanol–water partition coefficient (Wildman–Crippen LogP) is 10.7. The van der Waals surface area contributed by atoms with E-state index in [1.54, 1.807) is 4.50 Å². The summed E-state index contributed by atoms with van der Waals surface area (Å²) in [6.45, 7) is 15.1. The highest BCUT2D eigenvalue weighted by molar-refractivity contribution is 7.34. The number of thiophene rings is 1. The molecule has 40 heavy (non-hydrogen) atoms. The van der Waals surface area contributed by atoms with Crippen LogP contribution in [0.5, 0.6) is 0 Å². The van der Waals surface area contributed by atoms with E-state index in [2.05, 4.69) is 53.7 Å². The molecule has 1 aromatic heterocycles. The lowest BCUT2D eigenvalue weighted by Crippen LogP contribution is -2.56. The molecule has 0 atom stereocenters. The minimum Gasteiger partial charge on any atom is -0.370 e. The van der Waals surface area contributed by atoms with Crippen molar-refractivity contribution in [2.24, 2.45) is 0 Å². The highest BCUT2D eigenvalue weighted by atomic mass is 32.1. The van der Waals surface area contributed by atoms with Crippen LogP contribution in [0.25, 0.3) is 0 Å². The molecule has 1 heterocycles. The summed E-state index contributed by atoms with van der Waals surface area (Å²) in [6, 6.07) is 9.26. The first-order chi connectivity index (χ1) is 19.6. The fourth-order valence-electron chi connectivity index (χ4n) is 6.17. The van der Waals surface area contributed by atoms with Gasteiger partial charge in [-0.1, -0.05) is 161 Å². The van der Waals surface area contributed by atoms with Crippen molar-refractivity contribution < 1.29 is 13.3 Å². The van der Waals surface area contributed by atoms with Crippen LogP contribution in [0.15, 0.2) is 12.1 Å². The minimum absolute atomic E-state index is 0.634. The summed E-state index contributed by atoms with van der Waals surface area (Å²) in [6.07, 6.45) is 25.1. The highest BCUT2D eigenvalue weighted by Crippen LogP contribution is 2.32. The third-order valence-electron chi connectivity index (χ3n) is 8.46. The van der Waals surface area contributed by atoms with Gasteiger partial charge in [-0.25, -0.2) is 0 Å². The summed E-state index contributed by atoms with van der Waals surface area (Å²) in [5.41, 5.74) is 0. The van der Waals surface area contributed by atoms with Crippen LogP contribution in [0.2, 0.25) is 18.1 Å². The first-order valence-electron chi connectivity index (χ1n) is 17.6. The van der Waals surface area contributed by atoms with E-state index in [0.717, 1.165) is 0 Å². The summed E-state index contributed by atoms with van der Waals surface area (Å²) in [7, 11) is -4.48. The van der Waals surface area contributed by atoms with Crippen molar-refractivity contribution in [2.45, 2.75) is 175 Å². The highest BCUT2D eigenvalue weighted by Gasteiger charge is 2.46. The Morgan fingerprint density at radius 3 is 1.12 bits per heavy atom. The van der Waals surface area contributed by atoms with Crippen molar-refractivity contribution in [3.05, 3.63) is 12.1 Å². The maximum Gasteiger partial charge on any atom is 0.547 e. The zero-order chi connectivity index (χ0) is 29.4. The van der Waals surface area contributed by atoms with Crippen molar-refractivity contribution >= 4 is 37.2 Å². The van der Waals surface area contributed by atoms with Gasteiger partial charge in [0, 0.05) is 19.8 Å². The molecule has 0 N–H and O–H groups in total. The lowest BCUT2D eigenvalue weighted by molar-refractivity contribution is 0.0866. The van der Waals surface area contributed by atoms with Crippen LogP contribution in [0, 0.1) is 0 Å². The van der Waals surface area contributed by atoms with Gasteiger partial charge in [0.05, 0.1) is 12.6 Å². The molecular formula is C34H68O3SSi2. The van der Waals surface area contributed by atoms with Gasteiger partial charge in [0.15, 0.2) is 0 Å². The summed E-state index contributed by atoms with van der Waals surface area (Å²) in [5, 5.41) is 0. The van der Waals surface area contributed by atoms with E-state index < -0.39 is 16.9 Å². The van der Waals surface area contributed by atoms with Crippen molar-refractivity contribution in [1.29, 1.82) is 0 Å². The zero-order valence-electron chi connectivity index (χ0n) is 27.8. The number of rotatable bonds is 29. The summed E-state index contributed by atoms with van der Waals surface area (Å²) < 4.78 is 22.0. The molecule has 0 unspecified atom stereocenters. The lowest BCUT2D eigenvalue weighted by Gasteiger charge is -2.32. The molecule has 0 radical (unpaired) electrons. The molecule has 6 heteroatoms. The molecule has 0 aliphatic heterocycles. The maximum absolute atomic E-state index is 6.35. The first kappa shape index (κ1) is 38.0. The van der Waals surface area contributed by atoms with Crippen molar-refractivity contribution in [1.82, 2.24) is 0 Å². The van der Waals surface area contributed by atoms with Gasteiger partial charge in [-0.15, -0.1) is 11.3 Å². The quantitative estimate of drug-likeness (QED) is 0.0665. The van der Waals surface area contributed by atoms with Crippen LogP contribution in [-0.2, 0) is 13.3 Å². The average molecular weight is 613 g/mol. The Morgan fingerprint density at radius 2 is 0.775 bits per heavy atom. The normalized spacial score (nSPS) is 12.4. The Morgan fingerprint density at radius 1 is 0.450 bits per heavy atom. The van der Waals surface area contributed by atoms with Crippen molar-refractivity contribution in [2.75, 3.05) is 19.8 Å². The van der Waals surface area contributed by atoms with E-state index in [-0.39, 0.29) is 0 Å². The third kappa shape index (κ3) is 14.5. The summed E-state index contributed by atoms with van der Waals surface area (Å²) >= 11 is 2.03. The van der Waals surface area contributed by atoms with Gasteiger partial charge in [0.25, 0.3) is 0 Å². The second-order valence-corrected chi connectivity index (χ2v) is 20.8. The van der Waals surface area contributed by atoms with Gasteiger partial charge < -0.3 is 13.3 Å². The lowest BCUT2D eigenvalue weighted by atomic mass is 10.1. The molecule has 0 saturated carbocycles. The van der Waals surface area contributed by atoms with Crippen LogP contribution in [0.1, 0.15) is 157 Å². The monoisotopic (exact) mass is 612 g/mol. The van der Waals surface area contributed by atoms with E-state index >= 15 is 0 Å². The predicted molar refractivity (Wildman–Crippen MR) is 185 cm³/mol. The minimum atomic E-state index is -2.85. The van der Waals surface area contributed by atoms with Crippen molar-refractivity contribution in [3.8, 4) is 0 Å². The topological polar surface area (TPSA) is 27.7 Å². The molecule has 1 rings (SSSR count). The molecule has 236 valence electrons. The fraction of sp³-hybridized carbons (Fsp3) is 0.882. The van der Waals surface area contributed by atoms with Gasteiger partial charge >= 0.3 is 8.80 Å². The van der Waals surface area contributed by atoms with Crippen LogP contribution in [-0.4, -0.2) is 36.7 Å². The second kappa shape index (κ2) is 24.5. The molecule has 1 aromatic rings. The Kier molecular flexibility index (Phi) is 23.3. The largest absolute Gasteiger partial charge is 0.547 e. The molecular weight excluding hydrogens is 545 g/mol. The fourth-order valence-corrected chi connectivity index (χ4v) is 17.3. The number of hydrogen-bond acceptors (Lipinski definition) is 4. The molecule has 0 spiro atoms. The Labute approximate surface area is 256 Å². The number of hydrogen-bond donors (Lipinski definition) is 0. The Hall–Kier alpha value is 0.0138. The van der Waals surface area contributed by atoms with E-state index in [9.17, 15) is 0 Å². The average Bonchev–Trinajstić information content (AvgIpc) is 3.46. The second-order valence-electron chi connectivity index (χ2n) is 11.9. The van der Waals surface area contributed by atoms with Crippen LogP contribution in [0.3, 0.4) is 0 Å². The molecule has 0 saturated heterocycles. The molecule has 0 aliphatic carbocycles. The van der Waals surface area contributed by atoms with Crippen LogP contribution in [0.4, 0.5) is 0 Å². The summed E-state index contributed by atoms with van der Waals surface area (Å²) in [5.74, 6) is 0. The smallest absolute Gasteiger partial charge is 0.370 e. The summed E-state index contributed by atoms with van der Waals surface area (Å²) in [4.78, 5) is 0. The van der Waals surface area contributed by atoms with E-state index in [4.69, 9.17) is 13.3 Å². The number of unbranched alkanes of at least 4 members (excludes halogenated alkanes) is 15. The Bertz CT molecular complexity index is 639.